The maximum atomic E-state index is 12.6. The van der Waals surface area contributed by atoms with Gasteiger partial charge in [-0.15, -0.1) is 0 Å². The van der Waals surface area contributed by atoms with Gasteiger partial charge in [0, 0.05) is 24.3 Å². The number of rotatable bonds is 5. The summed E-state index contributed by atoms with van der Waals surface area (Å²) in [5.41, 5.74) is 6.79. The predicted molar refractivity (Wildman–Crippen MR) is 98.2 cm³/mol. The number of primary amides is 1. The van der Waals surface area contributed by atoms with E-state index in [0.29, 0.717) is 18.7 Å². The molecule has 0 radical (unpaired) electrons. The Morgan fingerprint density at radius 1 is 1.07 bits per heavy atom. The first kappa shape index (κ1) is 17.3. The van der Waals surface area contributed by atoms with Crippen molar-refractivity contribution in [1.29, 1.82) is 0 Å². The molecular formula is C19H21N5O3. The number of carbonyl (C=O) groups excluding carboxylic acids is 3. The van der Waals surface area contributed by atoms with E-state index < -0.39 is 5.91 Å². The number of hydrogen-bond acceptors (Lipinski definition) is 4. The summed E-state index contributed by atoms with van der Waals surface area (Å²) in [7, 11) is 0. The molecule has 8 heteroatoms. The molecule has 0 bridgehead atoms. The SMILES string of the molecule is NC(=O)c1ccn(-c2ccc(NC(=O)C3CCCN3C(=O)C3CC3)cc2)n1. The molecule has 1 aliphatic heterocycles. The van der Waals surface area contributed by atoms with Gasteiger partial charge in [0.2, 0.25) is 11.8 Å². The van der Waals surface area contributed by atoms with Crippen LogP contribution < -0.4 is 11.1 Å². The van der Waals surface area contributed by atoms with Crippen molar-refractivity contribution in [2.24, 2.45) is 11.7 Å². The number of likely N-dealkylation sites (tertiary alicyclic amines) is 1. The molecule has 0 spiro atoms. The van der Waals surface area contributed by atoms with Crippen LogP contribution in [0.1, 0.15) is 36.2 Å². The molecule has 1 aliphatic carbocycles. The van der Waals surface area contributed by atoms with Gasteiger partial charge in [0.25, 0.3) is 5.91 Å². The van der Waals surface area contributed by atoms with Gasteiger partial charge in [-0.1, -0.05) is 0 Å². The summed E-state index contributed by atoms with van der Waals surface area (Å²) >= 11 is 0. The number of anilines is 1. The Balaban J connectivity index is 1.42. The molecule has 2 heterocycles. The van der Waals surface area contributed by atoms with E-state index >= 15 is 0 Å². The normalized spacial score (nSPS) is 19.1. The molecule has 2 aliphatic rings. The number of carbonyl (C=O) groups is 3. The molecule has 1 aromatic carbocycles. The van der Waals surface area contributed by atoms with Crippen LogP contribution in [-0.4, -0.2) is 45.0 Å². The molecule has 3 N–H and O–H groups in total. The highest BCUT2D eigenvalue weighted by Gasteiger charge is 2.40. The fraction of sp³-hybridized carbons (Fsp3) is 0.368. The Bertz CT molecular complexity index is 885. The van der Waals surface area contributed by atoms with Crippen molar-refractivity contribution < 1.29 is 14.4 Å². The highest BCUT2D eigenvalue weighted by atomic mass is 16.2. The number of nitrogens with one attached hydrogen (secondary N) is 1. The van der Waals surface area contributed by atoms with Crippen LogP contribution in [0.2, 0.25) is 0 Å². The lowest BCUT2D eigenvalue weighted by atomic mass is 10.2. The van der Waals surface area contributed by atoms with Gasteiger partial charge < -0.3 is 16.0 Å². The zero-order valence-electron chi connectivity index (χ0n) is 14.8. The Morgan fingerprint density at radius 2 is 1.81 bits per heavy atom. The quantitative estimate of drug-likeness (QED) is 0.830. The fourth-order valence-electron chi connectivity index (χ4n) is 3.39. The average Bonchev–Trinajstić information content (AvgIpc) is 3.19. The van der Waals surface area contributed by atoms with Crippen LogP contribution in [0.4, 0.5) is 5.69 Å². The second-order valence-corrected chi connectivity index (χ2v) is 7.01. The van der Waals surface area contributed by atoms with Crippen molar-refractivity contribution in [3.63, 3.8) is 0 Å². The van der Waals surface area contributed by atoms with Gasteiger partial charge in [-0.2, -0.15) is 5.10 Å². The zero-order valence-corrected chi connectivity index (χ0v) is 14.8. The topological polar surface area (TPSA) is 110 Å². The third-order valence-electron chi connectivity index (χ3n) is 5.01. The Morgan fingerprint density at radius 3 is 2.44 bits per heavy atom. The second-order valence-electron chi connectivity index (χ2n) is 7.01. The van der Waals surface area contributed by atoms with E-state index in [1.807, 2.05) is 0 Å². The highest BCUT2D eigenvalue weighted by molar-refractivity contribution is 5.98. The summed E-state index contributed by atoms with van der Waals surface area (Å²) in [5.74, 6) is -0.493. The van der Waals surface area contributed by atoms with E-state index in [0.717, 1.165) is 24.9 Å². The van der Waals surface area contributed by atoms with Gasteiger partial charge in [-0.25, -0.2) is 4.68 Å². The third-order valence-corrected chi connectivity index (χ3v) is 5.01. The van der Waals surface area contributed by atoms with Crippen molar-refractivity contribution in [1.82, 2.24) is 14.7 Å². The first-order chi connectivity index (χ1) is 13.0. The summed E-state index contributed by atoms with van der Waals surface area (Å²) in [6.07, 6.45) is 5.09. The average molecular weight is 367 g/mol. The van der Waals surface area contributed by atoms with E-state index in [1.54, 1.807) is 46.1 Å². The number of amides is 3. The van der Waals surface area contributed by atoms with Crippen molar-refractivity contribution in [3.8, 4) is 5.69 Å². The molecule has 1 aromatic heterocycles. The first-order valence-corrected chi connectivity index (χ1v) is 9.10. The molecule has 1 saturated carbocycles. The minimum atomic E-state index is -0.584. The monoisotopic (exact) mass is 367 g/mol. The van der Waals surface area contributed by atoms with Crippen molar-refractivity contribution in [3.05, 3.63) is 42.2 Å². The lowest BCUT2D eigenvalue weighted by Crippen LogP contribution is -2.43. The Hall–Kier alpha value is -3.16. The number of aromatic nitrogens is 2. The third kappa shape index (κ3) is 3.55. The summed E-state index contributed by atoms with van der Waals surface area (Å²) in [6, 6.07) is 8.26. The minimum absolute atomic E-state index is 0.118. The number of benzene rings is 1. The fourth-order valence-corrected chi connectivity index (χ4v) is 3.39. The van der Waals surface area contributed by atoms with E-state index in [2.05, 4.69) is 10.4 Å². The number of nitrogens with zero attached hydrogens (tertiary/aromatic N) is 3. The summed E-state index contributed by atoms with van der Waals surface area (Å²) in [6.45, 7) is 0.661. The molecule has 8 nitrogen and oxygen atoms in total. The van der Waals surface area contributed by atoms with E-state index in [-0.39, 0.29) is 29.5 Å². The highest BCUT2D eigenvalue weighted by Crippen LogP contribution is 2.33. The molecule has 27 heavy (non-hydrogen) atoms. The van der Waals surface area contributed by atoms with Crippen molar-refractivity contribution >= 4 is 23.4 Å². The first-order valence-electron chi connectivity index (χ1n) is 9.10. The van der Waals surface area contributed by atoms with Crippen LogP contribution in [0, 0.1) is 5.92 Å². The molecule has 1 saturated heterocycles. The standard InChI is InChI=1S/C19H21N5O3/c20-17(25)15-9-11-24(22-15)14-7-5-13(6-8-14)21-18(26)16-2-1-10-23(16)19(27)12-3-4-12/h5-9,11-12,16H,1-4,10H2,(H2,20,25)(H,21,26). The Labute approximate surface area is 156 Å². The van der Waals surface area contributed by atoms with Gasteiger partial charge in [-0.3, -0.25) is 14.4 Å². The summed E-state index contributed by atoms with van der Waals surface area (Å²) in [5, 5.41) is 6.99. The van der Waals surface area contributed by atoms with E-state index in [4.69, 9.17) is 5.73 Å². The van der Waals surface area contributed by atoms with Gasteiger partial charge in [0.1, 0.15) is 11.7 Å². The molecule has 2 aromatic rings. The lowest BCUT2D eigenvalue weighted by molar-refractivity contribution is -0.137. The maximum absolute atomic E-state index is 12.6. The molecular weight excluding hydrogens is 346 g/mol. The van der Waals surface area contributed by atoms with E-state index in [1.165, 1.54) is 0 Å². The molecule has 3 amide bonds. The van der Waals surface area contributed by atoms with Gasteiger partial charge in [0.05, 0.1) is 5.69 Å². The smallest absolute Gasteiger partial charge is 0.269 e. The van der Waals surface area contributed by atoms with Crippen LogP contribution in [0.3, 0.4) is 0 Å². The molecule has 2 fully saturated rings. The molecule has 4 rings (SSSR count). The molecule has 140 valence electrons. The summed E-state index contributed by atoms with van der Waals surface area (Å²) in [4.78, 5) is 37.8. The van der Waals surface area contributed by atoms with Crippen LogP contribution in [-0.2, 0) is 9.59 Å². The van der Waals surface area contributed by atoms with E-state index in [9.17, 15) is 14.4 Å². The van der Waals surface area contributed by atoms with Crippen molar-refractivity contribution in [2.75, 3.05) is 11.9 Å². The van der Waals surface area contributed by atoms with Crippen LogP contribution >= 0.6 is 0 Å². The van der Waals surface area contributed by atoms with Crippen LogP contribution in [0.15, 0.2) is 36.5 Å². The van der Waals surface area contributed by atoms with Crippen LogP contribution in [0.25, 0.3) is 5.69 Å². The largest absolute Gasteiger partial charge is 0.364 e. The number of hydrogen-bond donors (Lipinski definition) is 2. The maximum Gasteiger partial charge on any atom is 0.269 e. The van der Waals surface area contributed by atoms with Gasteiger partial charge >= 0.3 is 0 Å². The van der Waals surface area contributed by atoms with Gasteiger partial charge in [-0.05, 0) is 56.0 Å². The predicted octanol–water partition coefficient (Wildman–Crippen LogP) is 1.31. The molecule has 1 atom stereocenters. The Kier molecular flexibility index (Phi) is 4.39. The van der Waals surface area contributed by atoms with Crippen LogP contribution in [0.5, 0.6) is 0 Å². The number of nitrogens with two attached hydrogens (primary N) is 1. The van der Waals surface area contributed by atoms with Crippen molar-refractivity contribution in [2.45, 2.75) is 31.7 Å². The summed E-state index contributed by atoms with van der Waals surface area (Å²) < 4.78 is 1.54. The molecule has 1 unspecified atom stereocenters. The minimum Gasteiger partial charge on any atom is -0.364 e. The van der Waals surface area contributed by atoms with Gasteiger partial charge in [0.15, 0.2) is 0 Å². The zero-order chi connectivity index (χ0) is 19.0. The lowest BCUT2D eigenvalue weighted by Gasteiger charge is -2.24. The second kappa shape index (κ2) is 6.86.